The Morgan fingerprint density at radius 2 is 1.96 bits per heavy atom. The molecule has 0 saturated carbocycles. The van der Waals surface area contributed by atoms with E-state index in [0.29, 0.717) is 29.0 Å². The zero-order chi connectivity index (χ0) is 15.4. The summed E-state index contributed by atoms with van der Waals surface area (Å²) in [4.78, 5) is 24.8. The maximum absolute atomic E-state index is 12.0. The molecule has 2 aromatic rings. The largest absolute Gasteiger partial charge is 1.00 e. The average molecular weight is 395 g/mol. The summed E-state index contributed by atoms with van der Waals surface area (Å²) in [5.74, 6) is 0. The summed E-state index contributed by atoms with van der Waals surface area (Å²) in [6.45, 7) is 6.16. The van der Waals surface area contributed by atoms with Crippen molar-refractivity contribution in [2.24, 2.45) is 0 Å². The van der Waals surface area contributed by atoms with Crippen LogP contribution in [0.25, 0.3) is 11.0 Å². The molecule has 0 saturated heterocycles. The van der Waals surface area contributed by atoms with Crippen molar-refractivity contribution >= 4 is 29.7 Å². The van der Waals surface area contributed by atoms with Gasteiger partial charge in [0.1, 0.15) is 12.2 Å². The first kappa shape index (κ1) is 29.5. The van der Waals surface area contributed by atoms with Crippen LogP contribution in [0.1, 0.15) is 13.8 Å². The number of aromatic nitrogens is 3. The van der Waals surface area contributed by atoms with Crippen LogP contribution in [0.3, 0.4) is 0 Å². The second-order valence-corrected chi connectivity index (χ2v) is 5.09. The Balaban J connectivity index is -0.00000121. The summed E-state index contributed by atoms with van der Waals surface area (Å²) in [6, 6.07) is 1.75. The molecule has 2 heterocycles. The maximum Gasteiger partial charge on any atom is 1.00 e. The average Bonchev–Trinajstić information content (AvgIpc) is 2.84. The molecule has 0 aliphatic carbocycles. The van der Waals surface area contributed by atoms with Gasteiger partial charge in [-0.05, 0) is 32.1 Å². The fraction of sp³-hybridized carbons (Fsp3) is 0.375. The standard InChI is InChI=1S/C13H16N3O4S.3CH3.K/c1-9(2)20-6-5-16-10-3-4-15(7-19-8-17)11(10)12(18)14-13(16)21;;;;/h3-4,9H,5-7H2,1-2H3,(H,14,18,21);3*1H3;/q4*-1;+1. The number of hydrogen-bond donors (Lipinski definition) is 1. The minimum absolute atomic E-state index is 0. The Kier molecular flexibility index (Phi) is 16.3. The minimum atomic E-state index is -0.324. The molecule has 0 bridgehead atoms. The molecule has 0 fully saturated rings. The van der Waals surface area contributed by atoms with Gasteiger partial charge in [0.05, 0.1) is 18.2 Å². The predicted molar refractivity (Wildman–Crippen MR) is 98.5 cm³/mol. The molecule has 7 nitrogen and oxygen atoms in total. The van der Waals surface area contributed by atoms with Crippen molar-refractivity contribution in [2.75, 3.05) is 6.61 Å². The molecule has 0 aliphatic heterocycles. The Hall–Kier alpha value is -0.294. The smallest absolute Gasteiger partial charge is 0.638 e. The van der Waals surface area contributed by atoms with Gasteiger partial charge in [0, 0.05) is 12.7 Å². The first-order chi connectivity index (χ1) is 10.0. The van der Waals surface area contributed by atoms with Crippen molar-refractivity contribution < 1.29 is 65.7 Å². The van der Waals surface area contributed by atoms with Crippen LogP contribution < -0.4 is 56.9 Å². The molecule has 0 unspecified atom stereocenters. The van der Waals surface area contributed by atoms with E-state index in [4.69, 9.17) is 17.0 Å². The predicted octanol–water partition coefficient (Wildman–Crippen LogP) is -0.318. The van der Waals surface area contributed by atoms with Gasteiger partial charge in [0.25, 0.3) is 5.56 Å². The molecular weight excluding hydrogens is 369 g/mol. The van der Waals surface area contributed by atoms with Crippen molar-refractivity contribution in [3.63, 3.8) is 0 Å². The first-order valence-electron chi connectivity index (χ1n) is 6.47. The van der Waals surface area contributed by atoms with E-state index in [1.54, 1.807) is 16.8 Å². The van der Waals surface area contributed by atoms with Crippen LogP contribution in [0.15, 0.2) is 17.1 Å². The molecule has 0 spiro atoms. The van der Waals surface area contributed by atoms with Crippen molar-refractivity contribution in [1.29, 1.82) is 0 Å². The van der Waals surface area contributed by atoms with E-state index < -0.39 is 0 Å². The second kappa shape index (κ2) is 13.9. The topological polar surface area (TPSA) is 78.2 Å². The Morgan fingerprint density at radius 1 is 1.32 bits per heavy atom. The maximum atomic E-state index is 12.0. The molecule has 2 aromatic heterocycles. The van der Waals surface area contributed by atoms with Crippen LogP contribution >= 0.6 is 12.2 Å². The van der Waals surface area contributed by atoms with Gasteiger partial charge < -0.3 is 45.7 Å². The van der Waals surface area contributed by atoms with Crippen LogP contribution in [0, 0.1) is 27.1 Å². The van der Waals surface area contributed by atoms with Crippen molar-refractivity contribution in [3.8, 4) is 0 Å². The normalized spacial score (nSPS) is 9.40. The van der Waals surface area contributed by atoms with Gasteiger partial charge >= 0.3 is 51.4 Å². The third kappa shape index (κ3) is 7.46. The SMILES string of the molecule is CC(C)OCCn1c(=S)[nH]c(=O)c2c1ccn2CO[C-]=O.[CH3-].[CH3-].[CH3-].[K+]. The van der Waals surface area contributed by atoms with Gasteiger partial charge in [-0.25, -0.2) is 0 Å². The summed E-state index contributed by atoms with van der Waals surface area (Å²) in [5.41, 5.74) is 0.740. The van der Waals surface area contributed by atoms with Gasteiger partial charge in [0.2, 0.25) is 0 Å². The van der Waals surface area contributed by atoms with E-state index in [0.717, 1.165) is 0 Å². The summed E-state index contributed by atoms with van der Waals surface area (Å²) >= 11 is 5.19. The second-order valence-electron chi connectivity index (χ2n) is 4.71. The monoisotopic (exact) mass is 394 g/mol. The van der Waals surface area contributed by atoms with E-state index in [1.165, 1.54) is 11.0 Å². The van der Waals surface area contributed by atoms with Crippen molar-refractivity contribution in [1.82, 2.24) is 14.1 Å². The number of carbonyl (C=O) groups excluding carboxylic acids is 1. The molecule has 1 N–H and O–H groups in total. The fourth-order valence-electron chi connectivity index (χ4n) is 2.06. The van der Waals surface area contributed by atoms with E-state index in [-0.39, 0.29) is 92.1 Å². The van der Waals surface area contributed by atoms with E-state index >= 15 is 0 Å². The third-order valence-electron chi connectivity index (χ3n) is 2.94. The molecule has 0 amide bonds. The molecule has 0 aromatic carbocycles. The summed E-state index contributed by atoms with van der Waals surface area (Å²) in [6.07, 6.45) is 1.78. The van der Waals surface area contributed by atoms with Crippen LogP contribution in [0.4, 0.5) is 0 Å². The zero-order valence-electron chi connectivity index (χ0n) is 15.8. The first-order valence-corrected chi connectivity index (χ1v) is 6.88. The van der Waals surface area contributed by atoms with E-state index in [2.05, 4.69) is 9.72 Å². The third-order valence-corrected chi connectivity index (χ3v) is 3.26. The van der Waals surface area contributed by atoms with Crippen LogP contribution in [-0.2, 0) is 27.5 Å². The number of fused-ring (bicyclic) bond motifs is 1. The molecule has 25 heavy (non-hydrogen) atoms. The van der Waals surface area contributed by atoms with Crippen molar-refractivity contribution in [2.45, 2.75) is 33.2 Å². The van der Waals surface area contributed by atoms with Gasteiger partial charge in [-0.3, -0.25) is 9.78 Å². The van der Waals surface area contributed by atoms with Crippen LogP contribution in [-0.4, -0.2) is 33.3 Å². The number of hydrogen-bond acceptors (Lipinski definition) is 5. The van der Waals surface area contributed by atoms with E-state index in [1.807, 2.05) is 13.8 Å². The molecule has 0 atom stereocenters. The quantitative estimate of drug-likeness (QED) is 0.396. The number of aromatic amines is 1. The van der Waals surface area contributed by atoms with Gasteiger partial charge in [-0.1, -0.05) is 6.47 Å². The number of H-pyrrole nitrogens is 1. The van der Waals surface area contributed by atoms with Gasteiger partial charge in [-0.2, -0.15) is 0 Å². The molecule has 138 valence electrons. The molecule has 2 rings (SSSR count). The van der Waals surface area contributed by atoms with Crippen molar-refractivity contribution in [3.05, 3.63) is 49.7 Å². The summed E-state index contributed by atoms with van der Waals surface area (Å²) in [5, 5.41) is 0. The number of nitrogens with zero attached hydrogens (tertiary/aromatic N) is 2. The minimum Gasteiger partial charge on any atom is -0.638 e. The summed E-state index contributed by atoms with van der Waals surface area (Å²) < 4.78 is 13.7. The number of rotatable bonds is 7. The molecule has 0 radical (unpaired) electrons. The zero-order valence-corrected chi connectivity index (χ0v) is 19.7. The fourth-order valence-corrected chi connectivity index (χ4v) is 2.35. The van der Waals surface area contributed by atoms with Gasteiger partial charge in [0.15, 0.2) is 4.77 Å². The van der Waals surface area contributed by atoms with E-state index in [9.17, 15) is 9.59 Å². The summed E-state index contributed by atoms with van der Waals surface area (Å²) in [7, 11) is 0. The van der Waals surface area contributed by atoms with Crippen LogP contribution in [0.5, 0.6) is 0 Å². The number of nitrogens with one attached hydrogen (secondary N) is 1. The molecule has 0 aliphatic rings. The Bertz CT molecular complexity index is 752. The Morgan fingerprint density at radius 3 is 2.52 bits per heavy atom. The molecular formula is C16H25KN3O4S-3. The number of ether oxygens (including phenoxy) is 2. The van der Waals surface area contributed by atoms with Gasteiger partial charge in [-0.15, -0.1) is 0 Å². The Labute approximate surface area is 197 Å². The molecule has 9 heteroatoms. The van der Waals surface area contributed by atoms with Crippen LogP contribution in [0.2, 0.25) is 0 Å².